The summed E-state index contributed by atoms with van der Waals surface area (Å²) in [5.74, 6) is 0.739. The van der Waals surface area contributed by atoms with Crippen LogP contribution in [0.2, 0.25) is 5.02 Å². The van der Waals surface area contributed by atoms with Gasteiger partial charge in [-0.1, -0.05) is 17.7 Å². The Bertz CT molecular complexity index is 398. The first-order valence-corrected chi connectivity index (χ1v) is 7.07. The highest BCUT2D eigenvalue weighted by Crippen LogP contribution is 2.25. The standard InChI is InChI=1S/C15H23ClN2/c1-15(2,3)17-10-12-7-8-18(11-12)14-6-4-5-13(16)9-14/h4-6,9,12,17H,7-8,10-11H2,1-3H3. The van der Waals surface area contributed by atoms with Crippen LogP contribution in [0.4, 0.5) is 5.69 Å². The summed E-state index contributed by atoms with van der Waals surface area (Å²) in [5, 5.41) is 4.42. The van der Waals surface area contributed by atoms with Gasteiger partial charge in [-0.25, -0.2) is 0 Å². The van der Waals surface area contributed by atoms with Crippen molar-refractivity contribution in [2.24, 2.45) is 5.92 Å². The van der Waals surface area contributed by atoms with Gasteiger partial charge < -0.3 is 10.2 Å². The average molecular weight is 267 g/mol. The Kier molecular flexibility index (Phi) is 4.18. The van der Waals surface area contributed by atoms with Crippen molar-refractivity contribution in [2.45, 2.75) is 32.7 Å². The van der Waals surface area contributed by atoms with E-state index in [0.29, 0.717) is 0 Å². The van der Waals surface area contributed by atoms with Gasteiger partial charge in [0.05, 0.1) is 0 Å². The largest absolute Gasteiger partial charge is 0.371 e. The Hall–Kier alpha value is -0.730. The van der Waals surface area contributed by atoms with Gasteiger partial charge in [0, 0.05) is 35.9 Å². The molecule has 2 nitrogen and oxygen atoms in total. The van der Waals surface area contributed by atoms with Crippen molar-refractivity contribution in [3.05, 3.63) is 29.3 Å². The van der Waals surface area contributed by atoms with E-state index in [1.807, 2.05) is 12.1 Å². The maximum atomic E-state index is 6.04. The number of hydrogen-bond donors (Lipinski definition) is 1. The molecule has 100 valence electrons. The molecule has 18 heavy (non-hydrogen) atoms. The lowest BCUT2D eigenvalue weighted by atomic mass is 10.1. The van der Waals surface area contributed by atoms with Gasteiger partial charge in [-0.15, -0.1) is 0 Å². The van der Waals surface area contributed by atoms with Crippen LogP contribution in [-0.2, 0) is 0 Å². The van der Waals surface area contributed by atoms with Gasteiger partial charge in [0.2, 0.25) is 0 Å². The third-order valence-electron chi connectivity index (χ3n) is 3.38. The molecule has 0 radical (unpaired) electrons. The molecular weight excluding hydrogens is 244 g/mol. The molecule has 2 rings (SSSR count). The fourth-order valence-corrected chi connectivity index (χ4v) is 2.54. The third-order valence-corrected chi connectivity index (χ3v) is 3.62. The summed E-state index contributed by atoms with van der Waals surface area (Å²) < 4.78 is 0. The zero-order valence-electron chi connectivity index (χ0n) is 11.5. The molecule has 1 aromatic carbocycles. The number of nitrogens with one attached hydrogen (secondary N) is 1. The van der Waals surface area contributed by atoms with Crippen molar-refractivity contribution < 1.29 is 0 Å². The molecule has 0 amide bonds. The van der Waals surface area contributed by atoms with Crippen molar-refractivity contribution in [3.63, 3.8) is 0 Å². The summed E-state index contributed by atoms with van der Waals surface area (Å²) in [7, 11) is 0. The minimum absolute atomic E-state index is 0.212. The topological polar surface area (TPSA) is 15.3 Å². The minimum atomic E-state index is 0.212. The van der Waals surface area contributed by atoms with Gasteiger partial charge in [0.15, 0.2) is 0 Å². The third kappa shape index (κ3) is 3.89. The van der Waals surface area contributed by atoms with E-state index < -0.39 is 0 Å². The summed E-state index contributed by atoms with van der Waals surface area (Å²) in [6, 6.07) is 8.16. The minimum Gasteiger partial charge on any atom is -0.371 e. The summed E-state index contributed by atoms with van der Waals surface area (Å²) in [5.41, 5.74) is 1.46. The maximum absolute atomic E-state index is 6.04. The highest BCUT2D eigenvalue weighted by molar-refractivity contribution is 6.30. The number of rotatable bonds is 3. The first-order valence-electron chi connectivity index (χ1n) is 6.69. The summed E-state index contributed by atoms with van der Waals surface area (Å²) in [6.45, 7) is 10.0. The molecule has 1 saturated heterocycles. The molecule has 1 aromatic rings. The van der Waals surface area contributed by atoms with Gasteiger partial charge in [-0.05, 0) is 51.3 Å². The van der Waals surface area contributed by atoms with Gasteiger partial charge in [0.1, 0.15) is 0 Å². The number of halogens is 1. The Morgan fingerprint density at radius 1 is 1.39 bits per heavy atom. The lowest BCUT2D eigenvalue weighted by molar-refractivity contribution is 0.383. The average Bonchev–Trinajstić information content (AvgIpc) is 2.74. The maximum Gasteiger partial charge on any atom is 0.0426 e. The highest BCUT2D eigenvalue weighted by Gasteiger charge is 2.23. The lowest BCUT2D eigenvalue weighted by Crippen LogP contribution is -2.39. The molecule has 1 aliphatic heterocycles. The van der Waals surface area contributed by atoms with E-state index in [-0.39, 0.29) is 5.54 Å². The zero-order chi connectivity index (χ0) is 13.2. The second-order valence-electron chi connectivity index (χ2n) is 6.21. The number of hydrogen-bond acceptors (Lipinski definition) is 2. The smallest absolute Gasteiger partial charge is 0.0426 e. The zero-order valence-corrected chi connectivity index (χ0v) is 12.3. The van der Waals surface area contributed by atoms with E-state index in [1.54, 1.807) is 0 Å². The van der Waals surface area contributed by atoms with E-state index in [4.69, 9.17) is 11.6 Å². The van der Waals surface area contributed by atoms with E-state index in [9.17, 15) is 0 Å². The van der Waals surface area contributed by atoms with Crippen LogP contribution in [0.3, 0.4) is 0 Å². The van der Waals surface area contributed by atoms with Crippen LogP contribution in [0.1, 0.15) is 27.2 Å². The van der Waals surface area contributed by atoms with Crippen molar-refractivity contribution in [1.82, 2.24) is 5.32 Å². The van der Waals surface area contributed by atoms with Gasteiger partial charge in [0.25, 0.3) is 0 Å². The Morgan fingerprint density at radius 3 is 2.83 bits per heavy atom. The molecule has 1 atom stereocenters. The molecular formula is C15H23ClN2. The van der Waals surface area contributed by atoms with Crippen molar-refractivity contribution in [2.75, 3.05) is 24.5 Å². The number of nitrogens with zero attached hydrogens (tertiary/aromatic N) is 1. The van der Waals surface area contributed by atoms with Crippen LogP contribution in [-0.4, -0.2) is 25.2 Å². The number of anilines is 1. The Balaban J connectivity index is 1.89. The van der Waals surface area contributed by atoms with Crippen LogP contribution >= 0.6 is 11.6 Å². The van der Waals surface area contributed by atoms with Crippen LogP contribution in [0, 0.1) is 5.92 Å². The summed E-state index contributed by atoms with van der Waals surface area (Å²) >= 11 is 6.04. The second kappa shape index (κ2) is 5.50. The van der Waals surface area contributed by atoms with Gasteiger partial charge in [-0.3, -0.25) is 0 Å². The first-order chi connectivity index (χ1) is 8.44. The molecule has 1 fully saturated rings. The summed E-state index contributed by atoms with van der Waals surface area (Å²) in [4.78, 5) is 2.43. The fourth-order valence-electron chi connectivity index (χ4n) is 2.36. The molecule has 1 heterocycles. The normalized spacial score (nSPS) is 20.4. The van der Waals surface area contributed by atoms with Crippen LogP contribution in [0.5, 0.6) is 0 Å². The lowest BCUT2D eigenvalue weighted by Gasteiger charge is -2.24. The second-order valence-corrected chi connectivity index (χ2v) is 6.65. The van der Waals surface area contributed by atoms with E-state index in [2.05, 4.69) is 43.1 Å². The van der Waals surface area contributed by atoms with Gasteiger partial charge >= 0.3 is 0 Å². The highest BCUT2D eigenvalue weighted by atomic mass is 35.5. The van der Waals surface area contributed by atoms with Crippen molar-refractivity contribution >= 4 is 17.3 Å². The Morgan fingerprint density at radius 2 is 2.17 bits per heavy atom. The van der Waals surface area contributed by atoms with E-state index in [1.165, 1.54) is 12.1 Å². The predicted octanol–water partition coefficient (Wildman–Crippen LogP) is 3.55. The van der Waals surface area contributed by atoms with Crippen LogP contribution < -0.4 is 10.2 Å². The molecule has 0 bridgehead atoms. The quantitative estimate of drug-likeness (QED) is 0.900. The predicted molar refractivity (Wildman–Crippen MR) is 79.5 cm³/mol. The van der Waals surface area contributed by atoms with E-state index >= 15 is 0 Å². The SMILES string of the molecule is CC(C)(C)NCC1CCN(c2cccc(Cl)c2)C1. The molecule has 3 heteroatoms. The fraction of sp³-hybridized carbons (Fsp3) is 0.600. The summed E-state index contributed by atoms with van der Waals surface area (Å²) in [6.07, 6.45) is 1.26. The molecule has 0 saturated carbocycles. The first kappa shape index (κ1) is 13.7. The van der Waals surface area contributed by atoms with Crippen LogP contribution in [0.25, 0.3) is 0 Å². The van der Waals surface area contributed by atoms with Crippen molar-refractivity contribution in [3.8, 4) is 0 Å². The molecule has 0 aromatic heterocycles. The van der Waals surface area contributed by atoms with Crippen molar-refractivity contribution in [1.29, 1.82) is 0 Å². The van der Waals surface area contributed by atoms with E-state index in [0.717, 1.165) is 30.6 Å². The molecule has 1 N–H and O–H groups in total. The molecule has 1 unspecified atom stereocenters. The van der Waals surface area contributed by atoms with Crippen LogP contribution in [0.15, 0.2) is 24.3 Å². The molecule has 0 spiro atoms. The monoisotopic (exact) mass is 266 g/mol. The molecule has 0 aliphatic carbocycles. The molecule has 1 aliphatic rings. The number of benzene rings is 1. The van der Waals surface area contributed by atoms with Gasteiger partial charge in [-0.2, -0.15) is 0 Å². The Labute approximate surface area is 115 Å².